The minimum Gasteiger partial charge on any atom is -0.309 e. The smallest absolute Gasteiger partial charge is 0.171 e. The quantitative estimate of drug-likeness (QED) is 0.145. The minimum atomic E-state index is -3.26. The Morgan fingerprint density at radius 3 is 2.00 bits per heavy atom. The van der Waals surface area contributed by atoms with Gasteiger partial charge in [0.15, 0.2) is 7.14 Å². The molecule has 0 spiro atoms. The highest BCUT2D eigenvalue weighted by Gasteiger charge is 2.38. The Labute approximate surface area is 274 Å². The summed E-state index contributed by atoms with van der Waals surface area (Å²) >= 11 is 0. The van der Waals surface area contributed by atoms with Gasteiger partial charge in [-0.1, -0.05) is 129 Å². The highest BCUT2D eigenvalue weighted by atomic mass is 31.2. The van der Waals surface area contributed by atoms with E-state index >= 15 is 4.57 Å². The van der Waals surface area contributed by atoms with E-state index in [1.165, 1.54) is 22.3 Å². The van der Waals surface area contributed by atoms with Gasteiger partial charge in [-0.3, -0.25) is 9.97 Å². The topological polar surface area (TPSA) is 42.9 Å². The third-order valence-electron chi connectivity index (χ3n) is 10.0. The highest BCUT2D eigenvalue weighted by molar-refractivity contribution is 7.85. The largest absolute Gasteiger partial charge is 0.309 e. The molecule has 1 atom stereocenters. The van der Waals surface area contributed by atoms with E-state index in [4.69, 9.17) is 9.97 Å². The summed E-state index contributed by atoms with van der Waals surface area (Å²) in [4.78, 5) is 9.71. The van der Waals surface area contributed by atoms with Crippen molar-refractivity contribution in [2.45, 2.75) is 19.3 Å². The molecule has 6 aromatic carbocycles. The Morgan fingerprint density at radius 1 is 0.489 bits per heavy atom. The zero-order chi connectivity index (χ0) is 31.8. The van der Waals surface area contributed by atoms with Crippen LogP contribution in [-0.4, -0.2) is 9.97 Å². The summed E-state index contributed by atoms with van der Waals surface area (Å²) in [5.74, 6) is 0. The van der Waals surface area contributed by atoms with E-state index in [-0.39, 0.29) is 5.41 Å². The Morgan fingerprint density at radius 2 is 1.15 bits per heavy atom. The first kappa shape index (κ1) is 27.9. The Balaban J connectivity index is 1.24. The molecule has 3 nitrogen and oxygen atoms in total. The number of rotatable bonds is 4. The minimum absolute atomic E-state index is 0.191. The van der Waals surface area contributed by atoms with E-state index in [0.717, 1.165) is 59.6 Å². The van der Waals surface area contributed by atoms with Crippen LogP contribution in [0.1, 0.15) is 25.0 Å². The summed E-state index contributed by atoms with van der Waals surface area (Å²) in [5.41, 5.74) is 8.56. The fourth-order valence-electron chi connectivity index (χ4n) is 7.64. The van der Waals surface area contributed by atoms with E-state index < -0.39 is 7.14 Å². The lowest BCUT2D eigenvalue weighted by Crippen LogP contribution is -2.26. The fourth-order valence-corrected chi connectivity index (χ4v) is 10.3. The van der Waals surface area contributed by atoms with Crippen molar-refractivity contribution >= 4 is 55.6 Å². The third kappa shape index (κ3) is 4.10. The van der Waals surface area contributed by atoms with Crippen molar-refractivity contribution in [1.82, 2.24) is 9.97 Å². The molecule has 0 radical (unpaired) electrons. The number of fused-ring (bicyclic) bond motifs is 9. The lowest BCUT2D eigenvalue weighted by atomic mass is 9.82. The number of aromatic nitrogens is 2. The molecule has 0 aliphatic heterocycles. The zero-order valence-corrected chi connectivity index (χ0v) is 27.1. The highest BCUT2D eigenvalue weighted by Crippen LogP contribution is 2.51. The van der Waals surface area contributed by atoms with E-state index in [0.29, 0.717) is 0 Å². The van der Waals surface area contributed by atoms with Gasteiger partial charge in [-0.05, 0) is 62.9 Å². The van der Waals surface area contributed by atoms with Crippen LogP contribution in [0.2, 0.25) is 0 Å². The van der Waals surface area contributed by atoms with Gasteiger partial charge in [0.2, 0.25) is 0 Å². The van der Waals surface area contributed by atoms with Crippen LogP contribution in [0.15, 0.2) is 152 Å². The van der Waals surface area contributed by atoms with Crippen molar-refractivity contribution < 1.29 is 4.57 Å². The molecule has 2 aromatic heterocycles. The SMILES string of the molecule is CC1(C)c2ccccc2-c2ccc(P(=O)(c3ccccc3)c3cccc(-c4cnc5c(c4)c4ccccc4c4cccnc45)c3)cc21. The lowest BCUT2D eigenvalue weighted by Gasteiger charge is -2.25. The predicted octanol–water partition coefficient (Wildman–Crippen LogP) is 9.55. The van der Waals surface area contributed by atoms with Crippen LogP contribution in [0, 0.1) is 0 Å². The Kier molecular flexibility index (Phi) is 6.13. The maximum atomic E-state index is 15.8. The first-order valence-electron chi connectivity index (χ1n) is 16.0. The van der Waals surface area contributed by atoms with Gasteiger partial charge in [-0.15, -0.1) is 0 Å². The molecule has 0 saturated heterocycles. The van der Waals surface area contributed by atoms with E-state index in [2.05, 4.69) is 105 Å². The predicted molar refractivity (Wildman–Crippen MR) is 197 cm³/mol. The van der Waals surface area contributed by atoms with Crippen molar-refractivity contribution in [2.24, 2.45) is 0 Å². The normalized spacial score (nSPS) is 14.6. The molecule has 1 unspecified atom stereocenters. The van der Waals surface area contributed by atoms with E-state index in [1.54, 1.807) is 0 Å². The number of benzene rings is 6. The van der Waals surface area contributed by atoms with Gasteiger partial charge in [0.1, 0.15) is 0 Å². The van der Waals surface area contributed by atoms with Crippen LogP contribution >= 0.6 is 7.14 Å². The van der Waals surface area contributed by atoms with Gasteiger partial charge < -0.3 is 4.57 Å². The van der Waals surface area contributed by atoms with Gasteiger partial charge in [0.25, 0.3) is 0 Å². The van der Waals surface area contributed by atoms with E-state index in [9.17, 15) is 0 Å². The molecule has 1 aliphatic rings. The number of hydrogen-bond acceptors (Lipinski definition) is 3. The second-order valence-electron chi connectivity index (χ2n) is 13.0. The van der Waals surface area contributed by atoms with Crippen LogP contribution in [0.5, 0.6) is 0 Å². The van der Waals surface area contributed by atoms with Gasteiger partial charge in [0.05, 0.1) is 11.0 Å². The molecule has 0 fully saturated rings. The summed E-state index contributed by atoms with van der Waals surface area (Å²) in [7, 11) is -3.26. The van der Waals surface area contributed by atoms with Gasteiger partial charge in [-0.25, -0.2) is 0 Å². The maximum absolute atomic E-state index is 15.8. The molecule has 2 heterocycles. The summed E-state index contributed by atoms with van der Waals surface area (Å²) < 4.78 is 15.8. The van der Waals surface area contributed by atoms with Gasteiger partial charge >= 0.3 is 0 Å². The number of nitrogens with zero attached hydrogens (tertiary/aromatic N) is 2. The first-order valence-corrected chi connectivity index (χ1v) is 17.7. The van der Waals surface area contributed by atoms with Crippen LogP contribution < -0.4 is 15.9 Å². The molecule has 0 saturated carbocycles. The second-order valence-corrected chi connectivity index (χ2v) is 15.7. The zero-order valence-electron chi connectivity index (χ0n) is 26.2. The molecule has 0 bridgehead atoms. The monoisotopic (exact) mass is 622 g/mol. The molecular weight excluding hydrogens is 591 g/mol. The summed E-state index contributed by atoms with van der Waals surface area (Å²) in [5, 5.41) is 6.94. The Bertz CT molecular complexity index is 2550. The summed E-state index contributed by atoms with van der Waals surface area (Å²) in [6, 6.07) is 48.0. The average molecular weight is 623 g/mol. The third-order valence-corrected chi connectivity index (χ3v) is 13.1. The van der Waals surface area contributed by atoms with Crippen molar-refractivity contribution in [2.75, 3.05) is 0 Å². The molecule has 224 valence electrons. The standard InChI is InChI=1S/C43H31N2OP/c1-43(2)39-20-9-8-18-35(39)36-22-21-32(26-40(36)43)47(46,30-13-4-3-5-14-30)31-15-10-12-28(24-31)29-25-38-34-17-7-6-16-33(34)37-19-11-23-44-41(37)42(38)45-27-29/h3-27H,1-2H3. The second kappa shape index (κ2) is 10.3. The number of pyridine rings is 2. The molecular formula is C43H31N2OP. The van der Waals surface area contributed by atoms with E-state index in [1.807, 2.05) is 60.9 Å². The van der Waals surface area contributed by atoms with Crippen molar-refractivity contribution in [3.63, 3.8) is 0 Å². The molecule has 4 heteroatoms. The summed E-state index contributed by atoms with van der Waals surface area (Å²) in [6.07, 6.45) is 3.75. The maximum Gasteiger partial charge on any atom is 0.171 e. The average Bonchev–Trinajstić information content (AvgIpc) is 3.37. The van der Waals surface area contributed by atoms with Gasteiger partial charge in [0, 0.05) is 50.1 Å². The van der Waals surface area contributed by atoms with Gasteiger partial charge in [-0.2, -0.15) is 0 Å². The Hall–Kier alpha value is -5.37. The van der Waals surface area contributed by atoms with Crippen molar-refractivity contribution in [1.29, 1.82) is 0 Å². The van der Waals surface area contributed by atoms with Crippen LogP contribution in [0.25, 0.3) is 54.8 Å². The van der Waals surface area contributed by atoms with Crippen molar-refractivity contribution in [3.05, 3.63) is 163 Å². The van der Waals surface area contributed by atoms with Crippen LogP contribution in [0.4, 0.5) is 0 Å². The molecule has 47 heavy (non-hydrogen) atoms. The number of hydrogen-bond donors (Lipinski definition) is 0. The molecule has 8 aromatic rings. The molecule has 1 aliphatic carbocycles. The van der Waals surface area contributed by atoms with Crippen LogP contribution in [-0.2, 0) is 9.98 Å². The summed E-state index contributed by atoms with van der Waals surface area (Å²) in [6.45, 7) is 4.54. The fraction of sp³-hybridized carbons (Fsp3) is 0.0698. The van der Waals surface area contributed by atoms with Crippen LogP contribution in [0.3, 0.4) is 0 Å². The molecule has 0 N–H and O–H groups in total. The lowest BCUT2D eigenvalue weighted by molar-refractivity contribution is 0.592. The van der Waals surface area contributed by atoms with Crippen molar-refractivity contribution in [3.8, 4) is 22.3 Å². The first-order chi connectivity index (χ1) is 22.9. The molecule has 0 amide bonds. The molecule has 9 rings (SSSR count).